The number of methoxy groups -OCH3 is 1. The van der Waals surface area contributed by atoms with Gasteiger partial charge in [-0.15, -0.1) is 0 Å². The van der Waals surface area contributed by atoms with Crippen molar-refractivity contribution in [2.75, 3.05) is 12.4 Å². The summed E-state index contributed by atoms with van der Waals surface area (Å²) in [6.07, 6.45) is 3.33. The van der Waals surface area contributed by atoms with Gasteiger partial charge in [0.05, 0.1) is 36.5 Å². The molecule has 0 radical (unpaired) electrons. The number of aromatic nitrogens is 6. The van der Waals surface area contributed by atoms with E-state index in [4.69, 9.17) is 16.3 Å². The van der Waals surface area contributed by atoms with E-state index in [1.54, 1.807) is 40.9 Å². The first-order valence-corrected chi connectivity index (χ1v) is 10.8. The van der Waals surface area contributed by atoms with Crippen molar-refractivity contribution in [3.05, 3.63) is 83.4 Å². The SMILES string of the molecule is COc1ccc(CC(=O)Nc2cc(C)nn2-c2ncnc3c2cnn3-c2cccc(Cl)c2)cc1. The summed E-state index contributed by atoms with van der Waals surface area (Å²) in [6, 6.07) is 16.5. The number of ether oxygens (including phenoxy) is 1. The number of amides is 1. The molecule has 5 aromatic rings. The largest absolute Gasteiger partial charge is 0.497 e. The minimum atomic E-state index is -0.175. The van der Waals surface area contributed by atoms with E-state index in [1.165, 1.54) is 6.33 Å². The number of hydrogen-bond acceptors (Lipinski definition) is 6. The summed E-state index contributed by atoms with van der Waals surface area (Å²) >= 11 is 6.15. The molecule has 9 nitrogen and oxygen atoms in total. The monoisotopic (exact) mass is 473 g/mol. The third kappa shape index (κ3) is 4.20. The molecule has 0 spiro atoms. The van der Waals surface area contributed by atoms with E-state index in [-0.39, 0.29) is 12.3 Å². The van der Waals surface area contributed by atoms with Crippen LogP contribution in [0.3, 0.4) is 0 Å². The number of carbonyl (C=O) groups is 1. The number of hydrogen-bond donors (Lipinski definition) is 1. The van der Waals surface area contributed by atoms with Crippen molar-refractivity contribution >= 4 is 34.4 Å². The minimum absolute atomic E-state index is 0.175. The molecule has 0 bridgehead atoms. The zero-order chi connectivity index (χ0) is 23.7. The first-order valence-electron chi connectivity index (χ1n) is 10.5. The summed E-state index contributed by atoms with van der Waals surface area (Å²) in [6.45, 7) is 1.85. The van der Waals surface area contributed by atoms with Gasteiger partial charge in [-0.3, -0.25) is 4.79 Å². The Bertz CT molecular complexity index is 1490. The zero-order valence-corrected chi connectivity index (χ0v) is 19.2. The van der Waals surface area contributed by atoms with E-state index >= 15 is 0 Å². The van der Waals surface area contributed by atoms with E-state index in [2.05, 4.69) is 25.5 Å². The van der Waals surface area contributed by atoms with Crippen LogP contribution in [0.1, 0.15) is 11.3 Å². The molecular formula is C24H20ClN7O2. The van der Waals surface area contributed by atoms with Crippen molar-refractivity contribution in [2.45, 2.75) is 13.3 Å². The standard InChI is InChI=1S/C24H20ClN7O2/c1-15-10-21(29-22(33)11-16-6-8-19(34-2)9-7-16)32(30-15)24-20-13-28-31(23(20)26-14-27-24)18-5-3-4-17(25)12-18/h3-10,12-14H,11H2,1-2H3,(H,29,33). The lowest BCUT2D eigenvalue weighted by Crippen LogP contribution is -2.17. The van der Waals surface area contributed by atoms with Gasteiger partial charge in [0, 0.05) is 11.1 Å². The lowest BCUT2D eigenvalue weighted by molar-refractivity contribution is -0.115. The second-order valence-electron chi connectivity index (χ2n) is 7.63. The number of aryl methyl sites for hydroxylation is 1. The first-order chi connectivity index (χ1) is 16.5. The third-order valence-corrected chi connectivity index (χ3v) is 5.46. The molecule has 5 rings (SSSR count). The maximum atomic E-state index is 12.8. The van der Waals surface area contributed by atoms with Crippen LogP contribution in [0.4, 0.5) is 5.82 Å². The highest BCUT2D eigenvalue weighted by Crippen LogP contribution is 2.25. The molecule has 0 saturated carbocycles. The molecule has 0 aliphatic heterocycles. The Morgan fingerprint density at radius 3 is 2.68 bits per heavy atom. The predicted molar refractivity (Wildman–Crippen MR) is 129 cm³/mol. The molecule has 34 heavy (non-hydrogen) atoms. The molecule has 0 saturated heterocycles. The van der Waals surface area contributed by atoms with Crippen LogP contribution in [0.25, 0.3) is 22.5 Å². The second kappa shape index (κ2) is 8.95. The smallest absolute Gasteiger partial charge is 0.229 e. The van der Waals surface area contributed by atoms with Gasteiger partial charge in [0.1, 0.15) is 17.9 Å². The Labute approximate surface area is 200 Å². The fourth-order valence-electron chi connectivity index (χ4n) is 3.66. The van der Waals surface area contributed by atoms with Crippen LogP contribution in [0.15, 0.2) is 67.1 Å². The summed E-state index contributed by atoms with van der Waals surface area (Å²) in [5.74, 6) is 1.58. The van der Waals surface area contributed by atoms with Gasteiger partial charge in [0.15, 0.2) is 11.5 Å². The zero-order valence-electron chi connectivity index (χ0n) is 18.4. The number of fused-ring (bicyclic) bond motifs is 1. The van der Waals surface area contributed by atoms with Crippen LogP contribution in [0.2, 0.25) is 5.02 Å². The van der Waals surface area contributed by atoms with Gasteiger partial charge in [-0.2, -0.15) is 14.9 Å². The van der Waals surface area contributed by atoms with Crippen LogP contribution in [0, 0.1) is 6.92 Å². The maximum absolute atomic E-state index is 12.8. The Morgan fingerprint density at radius 1 is 1.09 bits per heavy atom. The van der Waals surface area contributed by atoms with E-state index in [1.807, 2.05) is 43.3 Å². The lowest BCUT2D eigenvalue weighted by atomic mass is 10.1. The Balaban J connectivity index is 1.47. The highest BCUT2D eigenvalue weighted by Gasteiger charge is 2.18. The van der Waals surface area contributed by atoms with Crippen LogP contribution in [-0.4, -0.2) is 42.5 Å². The van der Waals surface area contributed by atoms with Crippen molar-refractivity contribution in [1.82, 2.24) is 29.5 Å². The maximum Gasteiger partial charge on any atom is 0.229 e. The van der Waals surface area contributed by atoms with Crippen LogP contribution in [-0.2, 0) is 11.2 Å². The molecule has 1 N–H and O–H groups in total. The molecule has 3 heterocycles. The molecule has 0 aliphatic rings. The number of anilines is 1. The van der Waals surface area contributed by atoms with Gasteiger partial charge < -0.3 is 10.1 Å². The molecule has 0 atom stereocenters. The number of carbonyl (C=O) groups excluding carboxylic acids is 1. The summed E-state index contributed by atoms with van der Waals surface area (Å²) in [5.41, 5.74) is 2.97. The number of halogens is 1. The lowest BCUT2D eigenvalue weighted by Gasteiger charge is -2.09. The Morgan fingerprint density at radius 2 is 1.91 bits per heavy atom. The average molecular weight is 474 g/mol. The fourth-order valence-corrected chi connectivity index (χ4v) is 3.85. The molecule has 0 fully saturated rings. The van der Waals surface area contributed by atoms with Gasteiger partial charge in [-0.1, -0.05) is 29.8 Å². The topological polar surface area (TPSA) is 99.8 Å². The molecular weight excluding hydrogens is 454 g/mol. The molecule has 3 aromatic heterocycles. The van der Waals surface area contributed by atoms with Gasteiger partial charge in [-0.25, -0.2) is 14.6 Å². The van der Waals surface area contributed by atoms with Crippen molar-refractivity contribution in [2.24, 2.45) is 0 Å². The average Bonchev–Trinajstić information content (AvgIpc) is 3.42. The molecule has 10 heteroatoms. The van der Waals surface area contributed by atoms with Gasteiger partial charge in [0.2, 0.25) is 5.91 Å². The highest BCUT2D eigenvalue weighted by atomic mass is 35.5. The second-order valence-corrected chi connectivity index (χ2v) is 8.06. The van der Waals surface area contributed by atoms with Crippen LogP contribution in [0.5, 0.6) is 5.75 Å². The van der Waals surface area contributed by atoms with Gasteiger partial charge in [0.25, 0.3) is 0 Å². The number of nitrogens with zero attached hydrogens (tertiary/aromatic N) is 6. The summed E-state index contributed by atoms with van der Waals surface area (Å²) in [5, 5.41) is 13.2. The predicted octanol–water partition coefficient (Wildman–Crippen LogP) is 4.15. The molecule has 170 valence electrons. The number of benzene rings is 2. The Hall–Kier alpha value is -4.24. The summed E-state index contributed by atoms with van der Waals surface area (Å²) in [4.78, 5) is 21.6. The highest BCUT2D eigenvalue weighted by molar-refractivity contribution is 6.30. The summed E-state index contributed by atoms with van der Waals surface area (Å²) in [7, 11) is 1.61. The molecule has 0 unspecified atom stereocenters. The van der Waals surface area contributed by atoms with E-state index in [0.717, 1.165) is 22.7 Å². The van der Waals surface area contributed by atoms with Crippen LogP contribution < -0.4 is 10.1 Å². The number of rotatable bonds is 6. The summed E-state index contributed by atoms with van der Waals surface area (Å²) < 4.78 is 8.45. The van der Waals surface area contributed by atoms with E-state index < -0.39 is 0 Å². The molecule has 0 aliphatic carbocycles. The van der Waals surface area contributed by atoms with Crippen molar-refractivity contribution in [1.29, 1.82) is 0 Å². The number of nitrogens with one attached hydrogen (secondary N) is 1. The van der Waals surface area contributed by atoms with E-state index in [0.29, 0.717) is 27.7 Å². The quantitative estimate of drug-likeness (QED) is 0.397. The van der Waals surface area contributed by atoms with Crippen molar-refractivity contribution in [3.8, 4) is 17.3 Å². The van der Waals surface area contributed by atoms with Crippen molar-refractivity contribution < 1.29 is 9.53 Å². The fraction of sp³-hybridized carbons (Fsp3) is 0.125. The molecule has 1 amide bonds. The normalized spacial score (nSPS) is 11.0. The van der Waals surface area contributed by atoms with Gasteiger partial charge in [-0.05, 0) is 42.8 Å². The van der Waals surface area contributed by atoms with Crippen LogP contribution >= 0.6 is 11.6 Å². The minimum Gasteiger partial charge on any atom is -0.497 e. The van der Waals surface area contributed by atoms with Gasteiger partial charge >= 0.3 is 0 Å². The van der Waals surface area contributed by atoms with Crippen molar-refractivity contribution in [3.63, 3.8) is 0 Å². The first kappa shape index (κ1) is 21.6. The third-order valence-electron chi connectivity index (χ3n) is 5.22. The Kier molecular flexibility index (Phi) is 5.69. The van der Waals surface area contributed by atoms with E-state index in [9.17, 15) is 4.79 Å². The molecule has 2 aromatic carbocycles.